The summed E-state index contributed by atoms with van der Waals surface area (Å²) in [5.41, 5.74) is 1.24. The molecule has 0 aromatic heterocycles. The molecule has 72 valence electrons. The van der Waals surface area contributed by atoms with Gasteiger partial charge in [0.2, 0.25) is 0 Å². The average molecular weight is 198 g/mol. The second-order valence-corrected chi connectivity index (χ2v) is 4.06. The van der Waals surface area contributed by atoms with Gasteiger partial charge < -0.3 is 0 Å². The topological polar surface area (TPSA) is 0 Å². The summed E-state index contributed by atoms with van der Waals surface area (Å²) in [7, 11) is 0. The fourth-order valence-electron chi connectivity index (χ4n) is 1.23. The van der Waals surface area contributed by atoms with Gasteiger partial charge in [0.25, 0.3) is 0 Å². The second kappa shape index (κ2) is 6.03. The molecular formula is C11H15FS. The number of unbranched alkanes of at least 4 members (excludes halogenated alkanes) is 1. The molecule has 0 radical (unpaired) electrons. The maximum atomic E-state index is 12.5. The lowest BCUT2D eigenvalue weighted by Crippen LogP contribution is -1.87. The zero-order valence-corrected chi connectivity index (χ0v) is 8.74. The fourth-order valence-corrected chi connectivity index (χ4v) is 1.72. The minimum absolute atomic E-state index is 0.145. The summed E-state index contributed by atoms with van der Waals surface area (Å²) >= 11 is 1.88. The van der Waals surface area contributed by atoms with Gasteiger partial charge in [-0.3, -0.25) is 0 Å². The van der Waals surface area contributed by atoms with Crippen molar-refractivity contribution < 1.29 is 4.39 Å². The molecule has 0 spiro atoms. The van der Waals surface area contributed by atoms with Crippen molar-refractivity contribution in [3.05, 3.63) is 35.6 Å². The molecule has 1 rings (SSSR count). The highest BCUT2D eigenvalue weighted by Crippen LogP contribution is 2.08. The smallest absolute Gasteiger partial charge is 0.123 e. The zero-order valence-electron chi connectivity index (χ0n) is 7.92. The number of rotatable bonds is 5. The molecule has 0 N–H and O–H groups in total. The third kappa shape index (κ3) is 4.32. The third-order valence-corrected chi connectivity index (χ3v) is 2.67. The Kier molecular flexibility index (Phi) is 4.91. The minimum Gasteiger partial charge on any atom is -0.207 e. The van der Waals surface area contributed by atoms with Crippen molar-refractivity contribution in [2.24, 2.45) is 0 Å². The third-order valence-electron chi connectivity index (χ3n) is 1.98. The standard InChI is InChI=1S/C11H15FS/c1-13-9-3-2-4-10-5-7-11(12)8-6-10/h5-8H,2-4,9H2,1H3. The molecule has 0 unspecified atom stereocenters. The molecule has 0 amide bonds. The van der Waals surface area contributed by atoms with Crippen molar-refractivity contribution in [1.29, 1.82) is 0 Å². The summed E-state index contributed by atoms with van der Waals surface area (Å²) in [6.45, 7) is 0. The Hall–Kier alpha value is -0.500. The summed E-state index contributed by atoms with van der Waals surface area (Å²) in [4.78, 5) is 0. The highest BCUT2D eigenvalue weighted by Gasteiger charge is 1.93. The van der Waals surface area contributed by atoms with Crippen LogP contribution in [0, 0.1) is 5.82 Å². The van der Waals surface area contributed by atoms with E-state index in [2.05, 4.69) is 6.26 Å². The largest absolute Gasteiger partial charge is 0.207 e. The Morgan fingerprint density at radius 2 is 1.85 bits per heavy atom. The van der Waals surface area contributed by atoms with Crippen LogP contribution in [-0.4, -0.2) is 12.0 Å². The van der Waals surface area contributed by atoms with Crippen molar-refractivity contribution in [2.75, 3.05) is 12.0 Å². The highest BCUT2D eigenvalue weighted by molar-refractivity contribution is 7.98. The molecule has 0 saturated heterocycles. The number of hydrogen-bond donors (Lipinski definition) is 0. The first-order chi connectivity index (χ1) is 6.33. The van der Waals surface area contributed by atoms with Crippen molar-refractivity contribution in [2.45, 2.75) is 19.3 Å². The van der Waals surface area contributed by atoms with Gasteiger partial charge in [-0.05, 0) is 49.0 Å². The predicted molar refractivity (Wildman–Crippen MR) is 57.7 cm³/mol. The molecule has 0 atom stereocenters. The van der Waals surface area contributed by atoms with Crippen LogP contribution in [0.15, 0.2) is 24.3 Å². The molecule has 0 fully saturated rings. The van der Waals surface area contributed by atoms with E-state index in [0.29, 0.717) is 0 Å². The Labute approximate surface area is 83.5 Å². The van der Waals surface area contributed by atoms with Gasteiger partial charge in [0, 0.05) is 0 Å². The first-order valence-electron chi connectivity index (χ1n) is 4.56. The van der Waals surface area contributed by atoms with Crippen LogP contribution in [0.4, 0.5) is 4.39 Å². The van der Waals surface area contributed by atoms with Gasteiger partial charge in [-0.2, -0.15) is 11.8 Å². The second-order valence-electron chi connectivity index (χ2n) is 3.08. The summed E-state index contributed by atoms with van der Waals surface area (Å²) in [5.74, 6) is 1.08. The maximum Gasteiger partial charge on any atom is 0.123 e. The van der Waals surface area contributed by atoms with Crippen LogP contribution in [0.5, 0.6) is 0 Å². The van der Waals surface area contributed by atoms with Crippen LogP contribution >= 0.6 is 11.8 Å². The molecule has 1 aromatic carbocycles. The molecule has 0 nitrogen and oxygen atoms in total. The van der Waals surface area contributed by atoms with Crippen LogP contribution in [0.25, 0.3) is 0 Å². The number of thioether (sulfide) groups is 1. The van der Waals surface area contributed by atoms with E-state index in [9.17, 15) is 4.39 Å². The molecule has 0 bridgehead atoms. The highest BCUT2D eigenvalue weighted by atomic mass is 32.2. The van der Waals surface area contributed by atoms with Gasteiger partial charge in [-0.1, -0.05) is 12.1 Å². The van der Waals surface area contributed by atoms with Gasteiger partial charge in [0.05, 0.1) is 0 Å². The molecule has 0 aliphatic rings. The minimum atomic E-state index is -0.145. The van der Waals surface area contributed by atoms with Crippen molar-refractivity contribution in [1.82, 2.24) is 0 Å². The number of halogens is 1. The van der Waals surface area contributed by atoms with Gasteiger partial charge in [-0.15, -0.1) is 0 Å². The molecule has 0 aliphatic carbocycles. The number of aryl methyl sites for hydroxylation is 1. The van der Waals surface area contributed by atoms with Crippen LogP contribution in [0.2, 0.25) is 0 Å². The van der Waals surface area contributed by atoms with Crippen LogP contribution in [0.3, 0.4) is 0 Å². The average Bonchev–Trinajstić information content (AvgIpc) is 2.15. The number of hydrogen-bond acceptors (Lipinski definition) is 1. The fraction of sp³-hybridized carbons (Fsp3) is 0.455. The summed E-state index contributed by atoms with van der Waals surface area (Å²) in [5, 5.41) is 0. The van der Waals surface area contributed by atoms with Gasteiger partial charge in [0.15, 0.2) is 0 Å². The zero-order chi connectivity index (χ0) is 9.52. The van der Waals surface area contributed by atoms with E-state index in [1.165, 1.54) is 36.3 Å². The van der Waals surface area contributed by atoms with E-state index in [0.717, 1.165) is 6.42 Å². The Balaban J connectivity index is 2.25. The van der Waals surface area contributed by atoms with Crippen LogP contribution in [0.1, 0.15) is 18.4 Å². The molecule has 2 heteroatoms. The Morgan fingerprint density at radius 1 is 1.15 bits per heavy atom. The van der Waals surface area contributed by atoms with E-state index < -0.39 is 0 Å². The van der Waals surface area contributed by atoms with E-state index in [-0.39, 0.29) is 5.82 Å². The lowest BCUT2D eigenvalue weighted by atomic mass is 10.1. The van der Waals surface area contributed by atoms with E-state index in [1.54, 1.807) is 0 Å². The number of benzene rings is 1. The summed E-state index contributed by atoms with van der Waals surface area (Å²) in [6.07, 6.45) is 5.64. The van der Waals surface area contributed by atoms with Crippen LogP contribution < -0.4 is 0 Å². The Morgan fingerprint density at radius 3 is 2.46 bits per heavy atom. The first kappa shape index (κ1) is 10.6. The lowest BCUT2D eigenvalue weighted by Gasteiger charge is -2.00. The van der Waals surface area contributed by atoms with Crippen molar-refractivity contribution in [3.8, 4) is 0 Å². The molecule has 0 saturated carbocycles. The lowest BCUT2D eigenvalue weighted by molar-refractivity contribution is 0.626. The van der Waals surface area contributed by atoms with Crippen molar-refractivity contribution in [3.63, 3.8) is 0 Å². The molecule has 0 heterocycles. The molecular weight excluding hydrogens is 183 g/mol. The maximum absolute atomic E-state index is 12.5. The SMILES string of the molecule is CSCCCCc1ccc(F)cc1. The van der Waals surface area contributed by atoms with Gasteiger partial charge >= 0.3 is 0 Å². The Bertz CT molecular complexity index is 230. The molecule has 0 aliphatic heterocycles. The predicted octanol–water partition coefficient (Wildman–Crippen LogP) is 3.51. The van der Waals surface area contributed by atoms with Gasteiger partial charge in [-0.25, -0.2) is 4.39 Å². The van der Waals surface area contributed by atoms with E-state index in [4.69, 9.17) is 0 Å². The summed E-state index contributed by atoms with van der Waals surface area (Å²) in [6, 6.07) is 6.80. The molecule has 1 aromatic rings. The van der Waals surface area contributed by atoms with E-state index >= 15 is 0 Å². The normalized spacial score (nSPS) is 10.3. The van der Waals surface area contributed by atoms with E-state index in [1.807, 2.05) is 23.9 Å². The first-order valence-corrected chi connectivity index (χ1v) is 5.95. The molecule has 13 heavy (non-hydrogen) atoms. The quantitative estimate of drug-likeness (QED) is 0.652. The van der Waals surface area contributed by atoms with Crippen molar-refractivity contribution >= 4 is 11.8 Å². The van der Waals surface area contributed by atoms with Crippen LogP contribution in [-0.2, 0) is 6.42 Å². The summed E-state index contributed by atoms with van der Waals surface area (Å²) < 4.78 is 12.5. The van der Waals surface area contributed by atoms with Gasteiger partial charge in [0.1, 0.15) is 5.82 Å². The monoisotopic (exact) mass is 198 g/mol.